The molecule has 17 heteroatoms. The van der Waals surface area contributed by atoms with Crippen LogP contribution in [0.5, 0.6) is 11.5 Å². The minimum atomic E-state index is -4.79. The summed E-state index contributed by atoms with van der Waals surface area (Å²) in [4.78, 5) is 20.8. The Morgan fingerprint density at radius 2 is 1.73 bits per heavy atom. The molecule has 0 unspecified atom stereocenters. The van der Waals surface area contributed by atoms with E-state index in [1.807, 2.05) is 6.07 Å². The van der Waals surface area contributed by atoms with Crippen molar-refractivity contribution < 1.29 is 36.6 Å². The van der Waals surface area contributed by atoms with Gasteiger partial charge in [-0.3, -0.25) is 0 Å². The van der Waals surface area contributed by atoms with Gasteiger partial charge in [0.1, 0.15) is 22.2 Å². The van der Waals surface area contributed by atoms with Crippen LogP contribution in [-0.2, 0) is 16.6 Å². The van der Waals surface area contributed by atoms with Crippen LogP contribution >= 0.6 is 11.6 Å². The Bertz CT molecular complexity index is 1960. The third kappa shape index (κ3) is 7.93. The molecule has 13 nitrogen and oxygen atoms in total. The largest absolute Gasteiger partial charge is 0.497 e. The number of amides is 1. The fourth-order valence-electron chi connectivity index (χ4n) is 4.46. The maximum atomic E-state index is 15.9. The van der Waals surface area contributed by atoms with Crippen LogP contribution in [-0.4, -0.2) is 75.9 Å². The molecule has 252 valence electrons. The third-order valence-corrected chi connectivity index (χ3v) is 9.19. The van der Waals surface area contributed by atoms with Gasteiger partial charge in [0, 0.05) is 44.9 Å². The Labute approximate surface area is 280 Å². The number of carbonyl (C=O) groups is 1. The van der Waals surface area contributed by atoms with Gasteiger partial charge in [-0.25, -0.2) is 36.3 Å². The number of carboxylic acid groups (broad SMARTS) is 1. The maximum Gasteiger partial charge on any atom is 0.407 e. The van der Waals surface area contributed by atoms with Crippen molar-refractivity contribution in [2.45, 2.75) is 11.4 Å². The number of hydrogen-bond acceptors (Lipinski definition) is 10. The number of nitrogens with zero attached hydrogens (tertiary/aromatic N) is 6. The van der Waals surface area contributed by atoms with Gasteiger partial charge in [0.25, 0.3) is 10.0 Å². The first kappa shape index (κ1) is 35.5. The first-order valence-electron chi connectivity index (χ1n) is 14.0. The Balaban J connectivity index is 1.73. The molecule has 4 rings (SSSR count). The van der Waals surface area contributed by atoms with Crippen LogP contribution in [0.2, 0.25) is 5.02 Å². The Morgan fingerprint density at radius 3 is 2.35 bits per heavy atom. The summed E-state index contributed by atoms with van der Waals surface area (Å²) in [6.07, 6.45) is 0.439. The van der Waals surface area contributed by atoms with Gasteiger partial charge in [-0.05, 0) is 36.4 Å². The molecule has 4 aromatic rings. The van der Waals surface area contributed by atoms with E-state index in [1.54, 1.807) is 36.2 Å². The van der Waals surface area contributed by atoms with Gasteiger partial charge in [-0.2, -0.15) is 5.26 Å². The van der Waals surface area contributed by atoms with Crippen molar-refractivity contribution in [3.05, 3.63) is 88.7 Å². The molecule has 0 atom stereocenters. The number of aromatic nitrogens is 2. The highest BCUT2D eigenvalue weighted by Crippen LogP contribution is 2.37. The quantitative estimate of drug-likeness (QED) is 0.182. The molecule has 0 bridgehead atoms. The number of benzene rings is 3. The summed E-state index contributed by atoms with van der Waals surface area (Å²) in [7, 11) is 1.13. The van der Waals surface area contributed by atoms with Crippen LogP contribution in [0, 0.1) is 23.0 Å². The summed E-state index contributed by atoms with van der Waals surface area (Å²) in [5.41, 5.74) is 1.49. The van der Waals surface area contributed by atoms with Gasteiger partial charge in [-0.1, -0.05) is 11.6 Å². The summed E-state index contributed by atoms with van der Waals surface area (Å²) in [6.45, 7) is -0.0528. The molecule has 0 saturated heterocycles. The molecule has 0 spiro atoms. The van der Waals surface area contributed by atoms with Crippen molar-refractivity contribution in [3.63, 3.8) is 0 Å². The molecule has 1 amide bonds. The standard InChI is InChI=1S/C31H30ClF2N7O6S/c1-39(9-10-40(2)31(42)43)27-11-19(15-35)5-8-25(27)38-26-14-24(34)29(13-23(26)32)48(44,45)41(30-36-16-21(33)17-37-30)18-20-6-7-22(46-3)12-28(20)47-4/h5-8,11-14,16-17,38H,9-10,18H2,1-4H3,(H,42,43). The zero-order chi connectivity index (χ0) is 35.2. The van der Waals surface area contributed by atoms with Crippen molar-refractivity contribution in [2.75, 3.05) is 55.9 Å². The van der Waals surface area contributed by atoms with Crippen molar-refractivity contribution in [3.8, 4) is 17.6 Å². The minimum absolute atomic E-state index is 0.00321. The molecule has 0 aliphatic heterocycles. The molecule has 0 saturated carbocycles. The minimum Gasteiger partial charge on any atom is -0.497 e. The summed E-state index contributed by atoms with van der Waals surface area (Å²) in [5.74, 6) is -1.74. The molecule has 0 radical (unpaired) electrons. The Morgan fingerprint density at radius 1 is 1.02 bits per heavy atom. The predicted molar refractivity (Wildman–Crippen MR) is 175 cm³/mol. The first-order valence-corrected chi connectivity index (χ1v) is 15.8. The van der Waals surface area contributed by atoms with Crippen LogP contribution in [0.1, 0.15) is 11.1 Å². The first-order chi connectivity index (χ1) is 22.8. The summed E-state index contributed by atoms with van der Waals surface area (Å²) >= 11 is 6.53. The van der Waals surface area contributed by atoms with E-state index in [0.29, 0.717) is 32.6 Å². The van der Waals surface area contributed by atoms with Crippen LogP contribution < -0.4 is 24.0 Å². The van der Waals surface area contributed by atoms with E-state index in [9.17, 15) is 28.0 Å². The van der Waals surface area contributed by atoms with Crippen LogP contribution in [0.25, 0.3) is 0 Å². The number of ether oxygens (including phenoxy) is 2. The summed E-state index contributed by atoms with van der Waals surface area (Å²) in [6, 6.07) is 13.1. The SMILES string of the molecule is COc1ccc(CN(c2ncc(F)cn2)S(=O)(=O)c2cc(Cl)c(Nc3ccc(C#N)cc3N(C)CCN(C)C(=O)O)cc2F)c(OC)c1. The van der Waals surface area contributed by atoms with E-state index in [0.717, 1.165) is 29.4 Å². The highest BCUT2D eigenvalue weighted by atomic mass is 35.5. The van der Waals surface area contributed by atoms with E-state index in [4.69, 9.17) is 21.1 Å². The smallest absolute Gasteiger partial charge is 0.407 e. The molecule has 0 fully saturated rings. The van der Waals surface area contributed by atoms with Crippen molar-refractivity contribution in [1.82, 2.24) is 14.9 Å². The number of methoxy groups -OCH3 is 2. The average molecular weight is 702 g/mol. The maximum absolute atomic E-state index is 15.9. The molecule has 2 N–H and O–H groups in total. The number of likely N-dealkylation sites (N-methyl/N-ethyl adjacent to an activating group) is 2. The second kappa shape index (κ2) is 15.0. The summed E-state index contributed by atoms with van der Waals surface area (Å²) in [5, 5.41) is 21.4. The number of nitriles is 1. The number of halogens is 3. The summed E-state index contributed by atoms with van der Waals surface area (Å²) < 4.78 is 69.0. The molecule has 3 aromatic carbocycles. The fraction of sp³-hybridized carbons (Fsp3) is 0.226. The van der Waals surface area contributed by atoms with Gasteiger partial charge in [-0.15, -0.1) is 0 Å². The lowest BCUT2D eigenvalue weighted by atomic mass is 10.1. The average Bonchev–Trinajstić information content (AvgIpc) is 3.07. The molecule has 0 aliphatic carbocycles. The number of sulfonamides is 1. The second-order valence-corrected chi connectivity index (χ2v) is 12.5. The zero-order valence-electron chi connectivity index (χ0n) is 26.1. The number of nitrogens with one attached hydrogen (secondary N) is 1. The van der Waals surface area contributed by atoms with Gasteiger partial charge < -0.3 is 29.7 Å². The van der Waals surface area contributed by atoms with E-state index in [2.05, 4.69) is 15.3 Å². The van der Waals surface area contributed by atoms with Gasteiger partial charge in [0.2, 0.25) is 5.95 Å². The number of hydrogen-bond donors (Lipinski definition) is 2. The normalized spacial score (nSPS) is 11.0. The van der Waals surface area contributed by atoms with E-state index < -0.39 is 45.1 Å². The molecule has 48 heavy (non-hydrogen) atoms. The van der Waals surface area contributed by atoms with Crippen molar-refractivity contribution in [1.29, 1.82) is 5.26 Å². The van der Waals surface area contributed by atoms with Crippen molar-refractivity contribution in [2.24, 2.45) is 0 Å². The van der Waals surface area contributed by atoms with E-state index in [-0.39, 0.29) is 29.5 Å². The monoisotopic (exact) mass is 701 g/mol. The van der Waals surface area contributed by atoms with Crippen LogP contribution in [0.4, 0.5) is 36.6 Å². The lowest BCUT2D eigenvalue weighted by molar-refractivity contribution is 0.157. The highest BCUT2D eigenvalue weighted by molar-refractivity contribution is 7.92. The van der Waals surface area contributed by atoms with E-state index >= 15 is 4.39 Å². The van der Waals surface area contributed by atoms with Crippen LogP contribution in [0.15, 0.2) is 65.8 Å². The predicted octanol–water partition coefficient (Wildman–Crippen LogP) is 5.48. The lowest BCUT2D eigenvalue weighted by Gasteiger charge is -2.26. The van der Waals surface area contributed by atoms with Gasteiger partial charge in [0.05, 0.1) is 66.9 Å². The number of anilines is 4. The Hall–Kier alpha value is -5.40. The molecule has 1 aromatic heterocycles. The lowest BCUT2D eigenvalue weighted by Crippen LogP contribution is -2.34. The highest BCUT2D eigenvalue weighted by Gasteiger charge is 2.32. The third-order valence-electron chi connectivity index (χ3n) is 7.13. The van der Waals surface area contributed by atoms with Gasteiger partial charge >= 0.3 is 6.09 Å². The second-order valence-electron chi connectivity index (χ2n) is 10.2. The van der Waals surface area contributed by atoms with Gasteiger partial charge in [0.15, 0.2) is 5.82 Å². The molecular weight excluding hydrogens is 672 g/mol. The number of rotatable bonds is 13. The fourth-order valence-corrected chi connectivity index (χ4v) is 6.16. The van der Waals surface area contributed by atoms with Crippen molar-refractivity contribution >= 4 is 50.7 Å². The van der Waals surface area contributed by atoms with E-state index in [1.165, 1.54) is 33.4 Å². The van der Waals surface area contributed by atoms with Crippen LogP contribution in [0.3, 0.4) is 0 Å². The molecule has 1 heterocycles. The topological polar surface area (TPSA) is 161 Å². The molecule has 0 aliphatic rings. The zero-order valence-corrected chi connectivity index (χ0v) is 27.7. The molecular formula is C31H30ClF2N7O6S. The Kier molecular flexibility index (Phi) is 11.1.